The van der Waals surface area contributed by atoms with Gasteiger partial charge in [-0.05, 0) is 62.7 Å². The summed E-state index contributed by atoms with van der Waals surface area (Å²) >= 11 is 0. The molecule has 0 heterocycles. The number of rotatable bonds is 6. The molecule has 4 fully saturated rings. The molecule has 4 saturated carbocycles. The molecule has 0 spiro atoms. The predicted octanol–water partition coefficient (Wildman–Crippen LogP) is 1.04. The Morgan fingerprint density at radius 2 is 1.59 bits per heavy atom. The van der Waals surface area contributed by atoms with Crippen LogP contribution in [0.15, 0.2) is 0 Å². The van der Waals surface area contributed by atoms with Gasteiger partial charge in [-0.3, -0.25) is 9.59 Å². The highest BCUT2D eigenvalue weighted by Crippen LogP contribution is 2.60. The summed E-state index contributed by atoms with van der Waals surface area (Å²) in [6.45, 7) is 0. The van der Waals surface area contributed by atoms with Crippen molar-refractivity contribution in [3.63, 3.8) is 0 Å². The third-order valence-corrected chi connectivity index (χ3v) is 5.80. The molecule has 0 aromatic carbocycles. The van der Waals surface area contributed by atoms with Crippen LogP contribution in [0.25, 0.3) is 0 Å². The first-order valence-corrected chi connectivity index (χ1v) is 8.20. The largest absolute Gasteiger partial charge is 0.480 e. The average molecular weight is 308 g/mol. The number of carbonyl (C=O) groups is 3. The van der Waals surface area contributed by atoms with Gasteiger partial charge in [0.15, 0.2) is 0 Å². The Balaban J connectivity index is 1.67. The van der Waals surface area contributed by atoms with Gasteiger partial charge in [-0.15, -0.1) is 0 Å². The van der Waals surface area contributed by atoms with E-state index in [1.54, 1.807) is 0 Å². The zero-order valence-electron chi connectivity index (χ0n) is 12.7. The maximum atomic E-state index is 12.8. The van der Waals surface area contributed by atoms with Crippen LogP contribution in [0.2, 0.25) is 0 Å². The van der Waals surface area contributed by atoms with Crippen molar-refractivity contribution in [2.24, 2.45) is 28.9 Å². The SMILES string of the molecule is NC(=O)CCC(NC(=O)C12CC3CC(CC(C3)C1)C2)C(=O)O. The molecule has 4 aliphatic carbocycles. The zero-order valence-corrected chi connectivity index (χ0v) is 12.7. The summed E-state index contributed by atoms with van der Waals surface area (Å²) in [6, 6.07) is -1.02. The van der Waals surface area contributed by atoms with Gasteiger partial charge in [0.1, 0.15) is 6.04 Å². The molecular formula is C16H24N2O4. The fourth-order valence-electron chi connectivity index (χ4n) is 5.24. The van der Waals surface area contributed by atoms with Gasteiger partial charge in [0, 0.05) is 11.8 Å². The number of carbonyl (C=O) groups excluding carboxylic acids is 2. The topological polar surface area (TPSA) is 109 Å². The Labute approximate surface area is 129 Å². The maximum Gasteiger partial charge on any atom is 0.326 e. The van der Waals surface area contributed by atoms with Gasteiger partial charge < -0.3 is 16.2 Å². The molecule has 0 saturated heterocycles. The van der Waals surface area contributed by atoms with Crippen LogP contribution in [0.5, 0.6) is 0 Å². The Hall–Kier alpha value is -1.59. The molecule has 4 rings (SSSR count). The third kappa shape index (κ3) is 2.83. The molecular weight excluding hydrogens is 284 g/mol. The van der Waals surface area contributed by atoms with Crippen molar-refractivity contribution in [1.82, 2.24) is 5.32 Å². The number of amides is 2. The Bertz CT molecular complexity index is 467. The highest BCUT2D eigenvalue weighted by Gasteiger charge is 2.54. The second kappa shape index (κ2) is 5.56. The molecule has 1 unspecified atom stereocenters. The lowest BCUT2D eigenvalue weighted by Gasteiger charge is -2.55. The molecule has 0 aliphatic heterocycles. The molecule has 6 nitrogen and oxygen atoms in total. The lowest BCUT2D eigenvalue weighted by molar-refractivity contribution is -0.151. The van der Waals surface area contributed by atoms with Gasteiger partial charge in [0.05, 0.1) is 0 Å². The standard InChI is InChI=1S/C16H24N2O4/c17-13(19)2-1-12(14(20)21)18-15(22)16-6-9-3-10(7-16)5-11(4-9)8-16/h9-12H,1-8H2,(H2,17,19)(H,18,22)(H,20,21). The highest BCUT2D eigenvalue weighted by molar-refractivity contribution is 5.88. The van der Waals surface area contributed by atoms with Crippen molar-refractivity contribution in [2.45, 2.75) is 57.4 Å². The van der Waals surface area contributed by atoms with E-state index in [0.717, 1.165) is 19.3 Å². The van der Waals surface area contributed by atoms with Crippen molar-refractivity contribution in [3.05, 3.63) is 0 Å². The van der Waals surface area contributed by atoms with Crippen LogP contribution in [-0.2, 0) is 14.4 Å². The van der Waals surface area contributed by atoms with E-state index in [4.69, 9.17) is 5.73 Å². The summed E-state index contributed by atoms with van der Waals surface area (Å²) in [4.78, 5) is 34.9. The van der Waals surface area contributed by atoms with E-state index in [-0.39, 0.29) is 24.2 Å². The molecule has 2 amide bonds. The first-order valence-electron chi connectivity index (χ1n) is 8.20. The maximum absolute atomic E-state index is 12.8. The van der Waals surface area contributed by atoms with E-state index in [2.05, 4.69) is 5.32 Å². The zero-order chi connectivity index (χ0) is 15.9. The van der Waals surface area contributed by atoms with Gasteiger partial charge >= 0.3 is 5.97 Å². The predicted molar refractivity (Wildman–Crippen MR) is 78.6 cm³/mol. The highest BCUT2D eigenvalue weighted by atomic mass is 16.4. The summed E-state index contributed by atoms with van der Waals surface area (Å²) < 4.78 is 0. The van der Waals surface area contributed by atoms with E-state index in [0.29, 0.717) is 17.8 Å². The second-order valence-electron chi connectivity index (χ2n) is 7.57. The molecule has 4 aliphatic rings. The fourth-order valence-corrected chi connectivity index (χ4v) is 5.24. The fraction of sp³-hybridized carbons (Fsp3) is 0.812. The monoisotopic (exact) mass is 308 g/mol. The minimum absolute atomic E-state index is 0.0296. The van der Waals surface area contributed by atoms with Crippen LogP contribution in [0.4, 0.5) is 0 Å². The van der Waals surface area contributed by atoms with E-state index in [1.807, 2.05) is 0 Å². The molecule has 4 bridgehead atoms. The van der Waals surface area contributed by atoms with Crippen molar-refractivity contribution in [3.8, 4) is 0 Å². The first kappa shape index (κ1) is 15.3. The molecule has 1 atom stereocenters. The third-order valence-electron chi connectivity index (χ3n) is 5.80. The van der Waals surface area contributed by atoms with Crippen LogP contribution in [0, 0.1) is 23.2 Å². The Kier molecular flexibility index (Phi) is 3.87. The molecule has 6 heteroatoms. The number of nitrogens with one attached hydrogen (secondary N) is 1. The summed E-state index contributed by atoms with van der Waals surface area (Å²) in [5.41, 5.74) is 4.71. The van der Waals surface area contributed by atoms with Crippen molar-refractivity contribution >= 4 is 17.8 Å². The minimum atomic E-state index is -1.10. The molecule has 0 aromatic heterocycles. The summed E-state index contributed by atoms with van der Waals surface area (Å²) in [6.07, 6.45) is 6.41. The Morgan fingerprint density at radius 1 is 1.09 bits per heavy atom. The number of nitrogens with two attached hydrogens (primary N) is 1. The van der Waals surface area contributed by atoms with E-state index in [1.165, 1.54) is 19.3 Å². The Morgan fingerprint density at radius 3 is 2.00 bits per heavy atom. The lowest BCUT2D eigenvalue weighted by atomic mass is 9.49. The summed E-state index contributed by atoms with van der Waals surface area (Å²) in [5, 5.41) is 11.9. The smallest absolute Gasteiger partial charge is 0.326 e. The van der Waals surface area contributed by atoms with Gasteiger partial charge in [-0.1, -0.05) is 0 Å². The number of carboxylic acids is 1. The van der Waals surface area contributed by atoms with Crippen LogP contribution in [0.3, 0.4) is 0 Å². The van der Waals surface area contributed by atoms with E-state index < -0.39 is 17.9 Å². The molecule has 0 aromatic rings. The van der Waals surface area contributed by atoms with Crippen LogP contribution in [0.1, 0.15) is 51.4 Å². The normalized spacial score (nSPS) is 36.8. The number of carboxylic acid groups (broad SMARTS) is 1. The summed E-state index contributed by atoms with van der Waals surface area (Å²) in [5.74, 6) is 0.126. The quantitative estimate of drug-likeness (QED) is 0.681. The number of aliphatic carboxylic acids is 1. The molecule has 122 valence electrons. The molecule has 22 heavy (non-hydrogen) atoms. The van der Waals surface area contributed by atoms with Crippen LogP contribution < -0.4 is 11.1 Å². The van der Waals surface area contributed by atoms with Crippen LogP contribution >= 0.6 is 0 Å². The van der Waals surface area contributed by atoms with E-state index >= 15 is 0 Å². The first-order chi connectivity index (χ1) is 10.4. The average Bonchev–Trinajstić information content (AvgIpc) is 2.41. The van der Waals surface area contributed by atoms with Crippen molar-refractivity contribution < 1.29 is 19.5 Å². The van der Waals surface area contributed by atoms with Gasteiger partial charge in [0.25, 0.3) is 0 Å². The summed E-state index contributed by atoms with van der Waals surface area (Å²) in [7, 11) is 0. The molecule has 0 radical (unpaired) electrons. The van der Waals surface area contributed by atoms with Gasteiger partial charge in [0.2, 0.25) is 11.8 Å². The van der Waals surface area contributed by atoms with Gasteiger partial charge in [-0.2, -0.15) is 0 Å². The molecule has 4 N–H and O–H groups in total. The van der Waals surface area contributed by atoms with Crippen LogP contribution in [-0.4, -0.2) is 28.9 Å². The second-order valence-corrected chi connectivity index (χ2v) is 7.57. The number of hydrogen-bond donors (Lipinski definition) is 3. The van der Waals surface area contributed by atoms with E-state index in [9.17, 15) is 19.5 Å². The minimum Gasteiger partial charge on any atom is -0.480 e. The number of primary amides is 1. The van der Waals surface area contributed by atoms with Crippen molar-refractivity contribution in [2.75, 3.05) is 0 Å². The van der Waals surface area contributed by atoms with Gasteiger partial charge in [-0.25, -0.2) is 4.79 Å². The van der Waals surface area contributed by atoms with Crippen molar-refractivity contribution in [1.29, 1.82) is 0 Å². The lowest BCUT2D eigenvalue weighted by Crippen LogP contribution is -2.56. The number of hydrogen-bond acceptors (Lipinski definition) is 3.